The van der Waals surface area contributed by atoms with Gasteiger partial charge in [-0.05, 0) is 6.07 Å². The van der Waals surface area contributed by atoms with Crippen LogP contribution >= 0.6 is 0 Å². The van der Waals surface area contributed by atoms with Gasteiger partial charge in [0.1, 0.15) is 4.90 Å². The minimum atomic E-state index is -4.36. The first-order chi connectivity index (χ1) is 5.91. The molecule has 0 amide bonds. The number of hydrogen-bond donors (Lipinski definition) is 1. The summed E-state index contributed by atoms with van der Waals surface area (Å²) in [5.74, 6) is 0. The Morgan fingerprint density at radius 2 is 1.93 bits per heavy atom. The molecule has 0 spiro atoms. The maximum absolute atomic E-state index is 10.5. The summed E-state index contributed by atoms with van der Waals surface area (Å²) in [6.45, 7) is 0. The Bertz CT molecular complexity index is 443. The molecule has 0 heterocycles. The van der Waals surface area contributed by atoms with Crippen molar-refractivity contribution in [2.75, 3.05) is 0 Å². The zero-order valence-electron chi connectivity index (χ0n) is 6.25. The van der Waals surface area contributed by atoms with E-state index < -0.39 is 19.9 Å². The van der Waals surface area contributed by atoms with Crippen molar-refractivity contribution < 1.29 is 17.9 Å². The topological polar surface area (TPSA) is 97.5 Å². The molecule has 0 aliphatic heterocycles. The van der Waals surface area contributed by atoms with Crippen LogP contribution in [0.5, 0.6) is 0 Å². The SMILES string of the molecule is O=[N+]([O-])c1cccc(S(=O)(=O)O)c1.[CaH2]. The molecule has 1 rings (SSSR count). The van der Waals surface area contributed by atoms with Crippen LogP contribution in [0, 0.1) is 10.1 Å². The van der Waals surface area contributed by atoms with Crippen molar-refractivity contribution in [3.8, 4) is 0 Å². The Hall–Kier alpha value is -0.210. The van der Waals surface area contributed by atoms with Crippen molar-refractivity contribution in [2.45, 2.75) is 4.90 Å². The van der Waals surface area contributed by atoms with Crippen molar-refractivity contribution >= 4 is 53.5 Å². The van der Waals surface area contributed by atoms with Crippen LogP contribution in [0.4, 0.5) is 5.69 Å². The van der Waals surface area contributed by atoms with Crippen LogP contribution in [0.25, 0.3) is 0 Å². The molecule has 74 valence electrons. The zero-order valence-corrected chi connectivity index (χ0v) is 7.06. The molecular weight excluding hydrogens is 238 g/mol. The van der Waals surface area contributed by atoms with Crippen molar-refractivity contribution in [3.05, 3.63) is 34.4 Å². The summed E-state index contributed by atoms with van der Waals surface area (Å²) in [5, 5.41) is 10.2. The van der Waals surface area contributed by atoms with Crippen LogP contribution < -0.4 is 0 Å². The van der Waals surface area contributed by atoms with Gasteiger partial charge in [-0.2, -0.15) is 8.42 Å². The van der Waals surface area contributed by atoms with Gasteiger partial charge in [0, 0.05) is 12.1 Å². The second-order valence-corrected chi connectivity index (χ2v) is 3.65. The van der Waals surface area contributed by atoms with E-state index in [2.05, 4.69) is 0 Å². The molecule has 6 nitrogen and oxygen atoms in total. The molecule has 0 aliphatic rings. The summed E-state index contributed by atoms with van der Waals surface area (Å²) >= 11 is 0. The Labute approximate surface area is 110 Å². The van der Waals surface area contributed by atoms with Gasteiger partial charge < -0.3 is 0 Å². The fraction of sp³-hybridized carbons (Fsp3) is 0. The van der Waals surface area contributed by atoms with Gasteiger partial charge in [-0.25, -0.2) is 0 Å². The van der Waals surface area contributed by atoms with E-state index in [0.717, 1.165) is 18.2 Å². The molecule has 1 aromatic carbocycles. The number of non-ortho nitro benzene ring substituents is 1. The molecule has 14 heavy (non-hydrogen) atoms. The van der Waals surface area contributed by atoms with Gasteiger partial charge in [-0.1, -0.05) is 6.07 Å². The Morgan fingerprint density at radius 1 is 1.36 bits per heavy atom. The van der Waals surface area contributed by atoms with Crippen molar-refractivity contribution in [3.63, 3.8) is 0 Å². The van der Waals surface area contributed by atoms with Gasteiger partial charge in [0.05, 0.1) is 4.92 Å². The van der Waals surface area contributed by atoms with Crippen LogP contribution in [0.2, 0.25) is 0 Å². The first kappa shape index (κ1) is 13.8. The van der Waals surface area contributed by atoms with Gasteiger partial charge >= 0.3 is 37.7 Å². The fourth-order valence-corrected chi connectivity index (χ4v) is 1.28. The first-order valence-electron chi connectivity index (χ1n) is 3.13. The third kappa shape index (κ3) is 3.50. The van der Waals surface area contributed by atoms with E-state index in [-0.39, 0.29) is 43.4 Å². The Kier molecular flexibility index (Phi) is 4.96. The molecule has 0 saturated carbocycles. The Morgan fingerprint density at radius 3 is 2.36 bits per heavy atom. The average molecular weight is 245 g/mol. The van der Waals surface area contributed by atoms with Gasteiger partial charge in [-0.15, -0.1) is 0 Å². The van der Waals surface area contributed by atoms with Crippen LogP contribution in [-0.2, 0) is 10.1 Å². The second-order valence-electron chi connectivity index (χ2n) is 2.23. The minimum absolute atomic E-state index is 0. The number of nitrogens with zero attached hydrogens (tertiary/aromatic N) is 1. The third-order valence-corrected chi connectivity index (χ3v) is 2.18. The second kappa shape index (κ2) is 5.04. The first-order valence-corrected chi connectivity index (χ1v) is 4.57. The van der Waals surface area contributed by atoms with Crippen molar-refractivity contribution in [2.24, 2.45) is 0 Å². The molecule has 1 aromatic rings. The monoisotopic (exact) mass is 245 g/mol. The van der Waals surface area contributed by atoms with E-state index in [1.807, 2.05) is 0 Å². The summed E-state index contributed by atoms with van der Waals surface area (Å²) in [7, 11) is -4.36. The predicted octanol–water partition coefficient (Wildman–Crippen LogP) is -0.0747. The normalized spacial score (nSPS) is 10.4. The number of hydrogen-bond acceptors (Lipinski definition) is 4. The van der Waals surface area contributed by atoms with Crippen LogP contribution in [-0.4, -0.2) is 55.6 Å². The van der Waals surface area contributed by atoms with E-state index in [1.165, 1.54) is 6.07 Å². The van der Waals surface area contributed by atoms with E-state index >= 15 is 0 Å². The molecule has 0 aromatic heterocycles. The summed E-state index contributed by atoms with van der Waals surface area (Å²) in [4.78, 5) is 8.98. The summed E-state index contributed by atoms with van der Waals surface area (Å²) in [5.41, 5.74) is -0.380. The Balaban J connectivity index is 0.00000169. The number of nitro groups is 1. The van der Waals surface area contributed by atoms with Gasteiger partial charge in [0.25, 0.3) is 15.8 Å². The molecule has 0 fully saturated rings. The van der Waals surface area contributed by atoms with Gasteiger partial charge in [0.2, 0.25) is 0 Å². The van der Waals surface area contributed by atoms with E-state index in [9.17, 15) is 18.5 Å². The molecule has 0 radical (unpaired) electrons. The summed E-state index contributed by atoms with van der Waals surface area (Å²) in [6, 6.07) is 4.17. The average Bonchev–Trinajstić information content (AvgIpc) is 2.03. The molecular formula is C6H7CaNO5S. The molecule has 0 unspecified atom stereocenters. The molecule has 0 saturated heterocycles. The van der Waals surface area contributed by atoms with Crippen molar-refractivity contribution in [1.29, 1.82) is 0 Å². The van der Waals surface area contributed by atoms with Crippen LogP contribution in [0.1, 0.15) is 0 Å². The molecule has 1 N–H and O–H groups in total. The standard InChI is InChI=1S/C6H5NO5S.Ca.2H/c8-7(9)5-2-1-3-6(4-5)13(10,11)12;;;/h1-4H,(H,10,11,12);;;. The summed E-state index contributed by atoms with van der Waals surface area (Å²) < 4.78 is 29.6. The quantitative estimate of drug-likeness (QED) is 0.340. The van der Waals surface area contributed by atoms with Gasteiger partial charge in [0.15, 0.2) is 0 Å². The maximum atomic E-state index is 10.5. The number of nitro benzene ring substituents is 1. The summed E-state index contributed by atoms with van der Waals surface area (Å²) in [6.07, 6.45) is 0. The van der Waals surface area contributed by atoms with E-state index in [0.29, 0.717) is 0 Å². The van der Waals surface area contributed by atoms with Crippen LogP contribution in [0.3, 0.4) is 0 Å². The third-order valence-electron chi connectivity index (χ3n) is 1.33. The fourth-order valence-electron chi connectivity index (χ4n) is 0.758. The van der Waals surface area contributed by atoms with Crippen LogP contribution in [0.15, 0.2) is 29.2 Å². The predicted molar refractivity (Wildman–Crippen MR) is 51.5 cm³/mol. The van der Waals surface area contributed by atoms with E-state index in [4.69, 9.17) is 4.55 Å². The number of rotatable bonds is 2. The van der Waals surface area contributed by atoms with Gasteiger partial charge in [-0.3, -0.25) is 14.7 Å². The zero-order chi connectivity index (χ0) is 10.1. The van der Waals surface area contributed by atoms with Crippen molar-refractivity contribution in [1.82, 2.24) is 0 Å². The number of benzene rings is 1. The molecule has 0 atom stereocenters. The molecule has 0 bridgehead atoms. The molecule has 0 aliphatic carbocycles. The van der Waals surface area contributed by atoms with E-state index in [1.54, 1.807) is 0 Å². The molecule has 8 heteroatoms.